The van der Waals surface area contributed by atoms with Gasteiger partial charge in [0.2, 0.25) is 0 Å². The molecule has 42 heavy (non-hydrogen) atoms. The molecular formula is C40H27NO. The first kappa shape index (κ1) is 24.2. The zero-order valence-corrected chi connectivity index (χ0v) is 22.9. The molecule has 0 saturated heterocycles. The summed E-state index contributed by atoms with van der Waals surface area (Å²) in [5, 5.41) is 4.73. The van der Waals surface area contributed by atoms with Gasteiger partial charge in [0.05, 0.1) is 5.69 Å². The summed E-state index contributed by atoms with van der Waals surface area (Å²) in [7, 11) is 0. The largest absolute Gasteiger partial charge is 0.455 e. The quantitative estimate of drug-likeness (QED) is 0.217. The van der Waals surface area contributed by atoms with Gasteiger partial charge in [-0.25, -0.2) is 0 Å². The molecule has 0 saturated carbocycles. The average Bonchev–Trinajstić information content (AvgIpc) is 3.45. The van der Waals surface area contributed by atoms with Crippen LogP contribution in [0.5, 0.6) is 0 Å². The highest BCUT2D eigenvalue weighted by atomic mass is 16.3. The van der Waals surface area contributed by atoms with Gasteiger partial charge < -0.3 is 9.32 Å². The monoisotopic (exact) mass is 537 g/mol. The van der Waals surface area contributed by atoms with Crippen molar-refractivity contribution in [1.82, 2.24) is 0 Å². The summed E-state index contributed by atoms with van der Waals surface area (Å²) in [6.07, 6.45) is 0. The zero-order valence-electron chi connectivity index (χ0n) is 22.9. The lowest BCUT2D eigenvalue weighted by molar-refractivity contribution is 0.670. The molecule has 0 fully saturated rings. The fraction of sp³-hybridized carbons (Fsp3) is 0. The Bertz CT molecular complexity index is 2190. The average molecular weight is 538 g/mol. The van der Waals surface area contributed by atoms with Crippen LogP contribution in [-0.4, -0.2) is 0 Å². The van der Waals surface area contributed by atoms with Crippen molar-refractivity contribution in [1.29, 1.82) is 0 Å². The second-order valence-corrected chi connectivity index (χ2v) is 10.5. The van der Waals surface area contributed by atoms with Gasteiger partial charge in [0.1, 0.15) is 11.2 Å². The van der Waals surface area contributed by atoms with Gasteiger partial charge in [0.25, 0.3) is 0 Å². The number of rotatable bonds is 5. The van der Waals surface area contributed by atoms with Crippen LogP contribution in [0, 0.1) is 0 Å². The third-order valence-corrected chi connectivity index (χ3v) is 8.08. The van der Waals surface area contributed by atoms with Crippen LogP contribution in [0.2, 0.25) is 0 Å². The molecule has 2 nitrogen and oxygen atoms in total. The Labute approximate surface area is 244 Å². The Hall–Kier alpha value is -5.60. The number of para-hydroxylation sites is 3. The van der Waals surface area contributed by atoms with Gasteiger partial charge in [-0.15, -0.1) is 0 Å². The molecule has 0 bridgehead atoms. The molecule has 0 N–H and O–H groups in total. The Balaban J connectivity index is 1.25. The third-order valence-electron chi connectivity index (χ3n) is 8.08. The topological polar surface area (TPSA) is 16.4 Å². The Morgan fingerprint density at radius 2 is 0.976 bits per heavy atom. The summed E-state index contributed by atoms with van der Waals surface area (Å²) >= 11 is 0. The normalized spacial score (nSPS) is 11.3. The number of hydrogen-bond donors (Lipinski definition) is 0. The number of furan rings is 1. The highest BCUT2D eigenvalue weighted by molar-refractivity contribution is 6.10. The molecule has 7 aromatic carbocycles. The minimum Gasteiger partial charge on any atom is -0.455 e. The lowest BCUT2D eigenvalue weighted by Gasteiger charge is -2.27. The van der Waals surface area contributed by atoms with E-state index in [2.05, 4.69) is 157 Å². The van der Waals surface area contributed by atoms with E-state index in [1.54, 1.807) is 0 Å². The minimum atomic E-state index is 0.913. The van der Waals surface area contributed by atoms with Crippen molar-refractivity contribution in [2.45, 2.75) is 0 Å². The molecule has 198 valence electrons. The summed E-state index contributed by atoms with van der Waals surface area (Å²) in [6, 6.07) is 57.9. The van der Waals surface area contributed by atoms with Gasteiger partial charge in [-0.1, -0.05) is 127 Å². The number of hydrogen-bond acceptors (Lipinski definition) is 2. The Kier molecular flexibility index (Phi) is 5.82. The molecule has 2 heteroatoms. The maximum Gasteiger partial charge on any atom is 0.143 e. The maximum absolute atomic E-state index is 6.41. The first-order chi connectivity index (χ1) is 20.8. The van der Waals surface area contributed by atoms with Crippen LogP contribution in [0.25, 0.3) is 55.0 Å². The van der Waals surface area contributed by atoms with Crippen LogP contribution in [0.4, 0.5) is 17.1 Å². The molecule has 1 heterocycles. The summed E-state index contributed by atoms with van der Waals surface area (Å²) in [5.41, 5.74) is 9.82. The highest BCUT2D eigenvalue weighted by Gasteiger charge is 2.17. The SMILES string of the molecule is c1ccc(N(c2ccc(-c3ccccc3-c3cccc4c3oc3ccccc34)cc2)c2cccc3ccccc23)cc1. The molecule has 0 aliphatic heterocycles. The van der Waals surface area contributed by atoms with Crippen LogP contribution in [0.15, 0.2) is 168 Å². The van der Waals surface area contributed by atoms with E-state index in [0.717, 1.165) is 55.7 Å². The van der Waals surface area contributed by atoms with Crippen molar-refractivity contribution in [3.05, 3.63) is 164 Å². The van der Waals surface area contributed by atoms with Gasteiger partial charge in [-0.2, -0.15) is 0 Å². The second kappa shape index (κ2) is 10.1. The van der Waals surface area contributed by atoms with Crippen molar-refractivity contribution in [3.63, 3.8) is 0 Å². The van der Waals surface area contributed by atoms with Gasteiger partial charge >= 0.3 is 0 Å². The van der Waals surface area contributed by atoms with Gasteiger partial charge in [-0.05, 0) is 58.5 Å². The van der Waals surface area contributed by atoms with Crippen LogP contribution in [-0.2, 0) is 0 Å². The smallest absolute Gasteiger partial charge is 0.143 e. The molecule has 0 atom stereocenters. The predicted molar refractivity (Wildman–Crippen MR) is 177 cm³/mol. The molecule has 0 spiro atoms. The van der Waals surface area contributed by atoms with Crippen LogP contribution >= 0.6 is 0 Å². The van der Waals surface area contributed by atoms with E-state index in [0.29, 0.717) is 0 Å². The standard InChI is InChI=1S/C40H27NO/c1-2-14-30(15-3-1)41(38-22-10-13-28-12-4-5-17-33(28)38)31-26-24-29(25-27-31)32-16-6-7-18-34(32)36-20-11-21-37-35-19-8-9-23-39(35)42-40(36)37/h1-27H. The van der Waals surface area contributed by atoms with Crippen molar-refractivity contribution in [3.8, 4) is 22.3 Å². The Morgan fingerprint density at radius 1 is 0.381 bits per heavy atom. The number of fused-ring (bicyclic) bond motifs is 4. The zero-order chi connectivity index (χ0) is 27.9. The van der Waals surface area contributed by atoms with E-state index >= 15 is 0 Å². The minimum absolute atomic E-state index is 0.913. The van der Waals surface area contributed by atoms with E-state index in [1.165, 1.54) is 16.3 Å². The van der Waals surface area contributed by atoms with Crippen molar-refractivity contribution < 1.29 is 4.42 Å². The summed E-state index contributed by atoms with van der Waals surface area (Å²) in [5.74, 6) is 0. The molecule has 1 aromatic heterocycles. The molecule has 8 rings (SSSR count). The Morgan fingerprint density at radius 3 is 1.83 bits per heavy atom. The molecule has 0 aliphatic carbocycles. The number of nitrogens with zero attached hydrogens (tertiary/aromatic N) is 1. The predicted octanol–water partition coefficient (Wildman–Crippen LogP) is 11.5. The molecule has 0 aliphatic rings. The molecule has 0 radical (unpaired) electrons. The van der Waals surface area contributed by atoms with Crippen molar-refractivity contribution >= 4 is 49.8 Å². The third kappa shape index (κ3) is 4.05. The van der Waals surface area contributed by atoms with E-state index in [-0.39, 0.29) is 0 Å². The summed E-state index contributed by atoms with van der Waals surface area (Å²) in [6.45, 7) is 0. The molecule has 0 unspecified atom stereocenters. The number of anilines is 3. The maximum atomic E-state index is 6.41. The first-order valence-corrected chi connectivity index (χ1v) is 14.3. The molecular weight excluding hydrogens is 510 g/mol. The van der Waals surface area contributed by atoms with E-state index in [1.807, 2.05) is 12.1 Å². The fourth-order valence-electron chi connectivity index (χ4n) is 6.13. The molecule has 0 amide bonds. The van der Waals surface area contributed by atoms with Gasteiger partial charge in [0, 0.05) is 33.1 Å². The van der Waals surface area contributed by atoms with Crippen molar-refractivity contribution in [2.24, 2.45) is 0 Å². The van der Waals surface area contributed by atoms with Gasteiger partial charge in [0.15, 0.2) is 0 Å². The van der Waals surface area contributed by atoms with Crippen LogP contribution in [0.1, 0.15) is 0 Å². The van der Waals surface area contributed by atoms with Crippen LogP contribution < -0.4 is 4.90 Å². The van der Waals surface area contributed by atoms with E-state index < -0.39 is 0 Å². The van der Waals surface area contributed by atoms with Gasteiger partial charge in [-0.3, -0.25) is 0 Å². The van der Waals surface area contributed by atoms with E-state index in [4.69, 9.17) is 4.42 Å². The summed E-state index contributed by atoms with van der Waals surface area (Å²) in [4.78, 5) is 2.34. The number of benzene rings is 7. The second-order valence-electron chi connectivity index (χ2n) is 10.5. The highest BCUT2D eigenvalue weighted by Crippen LogP contribution is 2.42. The molecule has 8 aromatic rings. The fourth-order valence-corrected chi connectivity index (χ4v) is 6.13. The van der Waals surface area contributed by atoms with Crippen molar-refractivity contribution in [2.75, 3.05) is 4.90 Å². The first-order valence-electron chi connectivity index (χ1n) is 14.3. The van der Waals surface area contributed by atoms with Crippen LogP contribution in [0.3, 0.4) is 0 Å². The lowest BCUT2D eigenvalue weighted by Crippen LogP contribution is -2.10. The lowest BCUT2D eigenvalue weighted by atomic mass is 9.93. The summed E-state index contributed by atoms with van der Waals surface area (Å²) < 4.78 is 6.41. The van der Waals surface area contributed by atoms with E-state index in [9.17, 15) is 0 Å².